The monoisotopic (exact) mass is 465 g/mol. The van der Waals surface area contributed by atoms with Gasteiger partial charge in [0.2, 0.25) is 5.56 Å². The molecule has 7 heteroatoms. The molecule has 0 unspecified atom stereocenters. The van der Waals surface area contributed by atoms with Gasteiger partial charge in [0.1, 0.15) is 5.75 Å². The van der Waals surface area contributed by atoms with Gasteiger partial charge < -0.3 is 9.67 Å². The molecule has 1 aromatic carbocycles. The van der Waals surface area contributed by atoms with Crippen LogP contribution in [0.4, 0.5) is 8.78 Å². The topological polar surface area (TPSA) is 42.2 Å². The average Bonchev–Trinajstić information content (AvgIpc) is 2.32. The molecule has 2 rings (SSSR count). The molecule has 0 saturated heterocycles. The smallest absolute Gasteiger partial charge is 0.207 e. The number of nitrogens with zero attached hydrogens (tertiary/aromatic N) is 1. The first-order valence-electron chi connectivity index (χ1n) is 5.45. The normalized spacial score (nSPS) is 10.2. The number of pyridine rings is 1. The molecular formula is C13H9F2INO2Y-. The van der Waals surface area contributed by atoms with Gasteiger partial charge in [-0.25, -0.2) is 8.78 Å². The van der Waals surface area contributed by atoms with E-state index in [4.69, 9.17) is 5.11 Å². The summed E-state index contributed by atoms with van der Waals surface area (Å²) in [5, 5.41) is 9.13. The second-order valence-corrected chi connectivity index (χ2v) is 4.98. The standard InChI is InChI=1S/C13H9F2INO2.Y/c1-2-17-11(4-3-10(16)13(17)19)12-8(14)5-7(18)6-9(12)15;/h3,5-6,18H,2H2,1H3;/q-1;. The molecule has 1 aromatic heterocycles. The van der Waals surface area contributed by atoms with Gasteiger partial charge in [0.25, 0.3) is 0 Å². The van der Waals surface area contributed by atoms with Crippen LogP contribution in [0.15, 0.2) is 23.0 Å². The van der Waals surface area contributed by atoms with E-state index in [2.05, 4.69) is 6.07 Å². The van der Waals surface area contributed by atoms with Gasteiger partial charge in [0.05, 0.1) is 11.6 Å². The summed E-state index contributed by atoms with van der Waals surface area (Å²) in [6.07, 6.45) is 0. The van der Waals surface area contributed by atoms with Gasteiger partial charge in [-0.3, -0.25) is 4.79 Å². The summed E-state index contributed by atoms with van der Waals surface area (Å²) in [5.74, 6) is -2.37. The third-order valence-electron chi connectivity index (χ3n) is 2.63. The van der Waals surface area contributed by atoms with E-state index in [0.717, 1.165) is 12.1 Å². The minimum Gasteiger partial charge on any atom is -0.508 e. The minimum atomic E-state index is -0.934. The summed E-state index contributed by atoms with van der Waals surface area (Å²) in [4.78, 5) is 11.9. The van der Waals surface area contributed by atoms with Crippen molar-refractivity contribution in [1.29, 1.82) is 0 Å². The zero-order valence-corrected chi connectivity index (χ0v) is 15.4. The molecule has 103 valence electrons. The van der Waals surface area contributed by atoms with Gasteiger partial charge in [-0.1, -0.05) is 5.69 Å². The Bertz CT molecular complexity index is 680. The molecule has 0 spiro atoms. The molecule has 0 saturated carbocycles. The minimum absolute atomic E-state index is 0. The molecule has 2 aromatic rings. The van der Waals surface area contributed by atoms with Gasteiger partial charge in [0, 0.05) is 51.4 Å². The fraction of sp³-hybridized carbons (Fsp3) is 0.154. The summed E-state index contributed by atoms with van der Waals surface area (Å²) in [6.45, 7) is 1.96. The predicted octanol–water partition coefficient (Wildman–Crippen LogP) is 2.92. The van der Waals surface area contributed by atoms with E-state index in [-0.39, 0.29) is 56.1 Å². The number of halogens is 3. The second kappa shape index (κ2) is 7.09. The van der Waals surface area contributed by atoms with Gasteiger partial charge in [0.15, 0.2) is 0 Å². The Labute approximate surface area is 153 Å². The first kappa shape index (κ1) is 17.7. The third-order valence-corrected chi connectivity index (χ3v) is 3.41. The van der Waals surface area contributed by atoms with Crippen LogP contribution in [0.2, 0.25) is 0 Å². The quantitative estimate of drug-likeness (QED) is 0.548. The summed E-state index contributed by atoms with van der Waals surface area (Å²) in [7, 11) is 0. The van der Waals surface area contributed by atoms with E-state index in [0.29, 0.717) is 3.57 Å². The van der Waals surface area contributed by atoms with Crippen LogP contribution < -0.4 is 5.56 Å². The van der Waals surface area contributed by atoms with Crippen LogP contribution in [0.3, 0.4) is 0 Å². The van der Waals surface area contributed by atoms with Crippen LogP contribution in [0, 0.1) is 21.3 Å². The Kier molecular flexibility index (Phi) is 6.28. The zero-order valence-electron chi connectivity index (χ0n) is 10.5. The van der Waals surface area contributed by atoms with Gasteiger partial charge in [-0.05, 0) is 16.1 Å². The van der Waals surface area contributed by atoms with Crippen molar-refractivity contribution in [2.24, 2.45) is 0 Å². The van der Waals surface area contributed by atoms with Gasteiger partial charge in [-0.15, -0.1) is 22.6 Å². The van der Waals surface area contributed by atoms with E-state index in [9.17, 15) is 13.6 Å². The summed E-state index contributed by atoms with van der Waals surface area (Å²) >= 11 is 1.84. The van der Waals surface area contributed by atoms with Crippen LogP contribution in [-0.4, -0.2) is 9.67 Å². The van der Waals surface area contributed by atoms with Crippen molar-refractivity contribution in [1.82, 2.24) is 4.57 Å². The van der Waals surface area contributed by atoms with Crippen molar-refractivity contribution in [3.05, 3.63) is 49.8 Å². The van der Waals surface area contributed by atoms with E-state index in [1.165, 1.54) is 10.6 Å². The number of phenolic OH excluding ortho intramolecular Hbond substituents is 1. The van der Waals surface area contributed by atoms with E-state index in [1.807, 2.05) is 22.6 Å². The van der Waals surface area contributed by atoms with Crippen molar-refractivity contribution in [3.8, 4) is 17.0 Å². The molecule has 0 bridgehead atoms. The van der Waals surface area contributed by atoms with E-state index >= 15 is 0 Å². The third kappa shape index (κ3) is 3.28. The largest absolute Gasteiger partial charge is 0.508 e. The molecule has 0 atom stereocenters. The maximum Gasteiger partial charge on any atom is 0.207 e. The Morgan fingerprint density at radius 2 is 1.90 bits per heavy atom. The zero-order chi connectivity index (χ0) is 14.2. The van der Waals surface area contributed by atoms with Gasteiger partial charge in [-0.2, -0.15) is 12.1 Å². The van der Waals surface area contributed by atoms with Crippen LogP contribution in [0.1, 0.15) is 6.92 Å². The molecule has 0 aliphatic rings. The van der Waals surface area contributed by atoms with Gasteiger partial charge >= 0.3 is 0 Å². The molecule has 0 aliphatic heterocycles. The first-order chi connectivity index (χ1) is 8.95. The second-order valence-electron chi connectivity index (χ2n) is 3.82. The van der Waals surface area contributed by atoms with Crippen LogP contribution in [-0.2, 0) is 39.3 Å². The Morgan fingerprint density at radius 1 is 1.35 bits per heavy atom. The van der Waals surface area contributed by atoms with Crippen molar-refractivity contribution < 1.29 is 46.6 Å². The Morgan fingerprint density at radius 3 is 2.40 bits per heavy atom. The summed E-state index contributed by atoms with van der Waals surface area (Å²) < 4.78 is 29.3. The molecule has 20 heavy (non-hydrogen) atoms. The molecule has 1 N–H and O–H groups in total. The van der Waals surface area contributed by atoms with Crippen molar-refractivity contribution in [3.63, 3.8) is 0 Å². The SMILES string of the molecule is CCn1c(-c2c(F)cc(O)cc2F)[c-]cc(I)c1=O.[Y]. The number of phenols is 1. The molecule has 0 amide bonds. The summed E-state index contributed by atoms with van der Waals surface area (Å²) in [5.41, 5.74) is -0.667. The number of rotatable bonds is 2. The number of hydrogen-bond donors (Lipinski definition) is 1. The first-order valence-corrected chi connectivity index (χ1v) is 6.53. The molecule has 1 radical (unpaired) electrons. The maximum atomic E-state index is 13.8. The van der Waals surface area contributed by atoms with E-state index < -0.39 is 17.4 Å². The van der Waals surface area contributed by atoms with Crippen LogP contribution in [0.25, 0.3) is 11.3 Å². The molecule has 0 aliphatic carbocycles. The Hall–Kier alpha value is -0.336. The number of benzene rings is 1. The average molecular weight is 465 g/mol. The Balaban J connectivity index is 0.00000200. The van der Waals surface area contributed by atoms with Crippen molar-refractivity contribution in [2.45, 2.75) is 13.5 Å². The molecule has 3 nitrogen and oxygen atoms in total. The fourth-order valence-electron chi connectivity index (χ4n) is 1.80. The van der Waals surface area contributed by atoms with E-state index in [1.54, 1.807) is 6.92 Å². The summed E-state index contributed by atoms with van der Waals surface area (Å²) in [6, 6.07) is 5.69. The maximum absolute atomic E-state index is 13.8. The fourth-order valence-corrected chi connectivity index (χ4v) is 2.24. The van der Waals surface area contributed by atoms with Crippen molar-refractivity contribution >= 4 is 22.6 Å². The molecule has 1 heterocycles. The van der Waals surface area contributed by atoms with Crippen molar-refractivity contribution in [2.75, 3.05) is 0 Å². The molecular weight excluding hydrogens is 456 g/mol. The van der Waals surface area contributed by atoms with Crippen LogP contribution >= 0.6 is 22.6 Å². The number of hydrogen-bond acceptors (Lipinski definition) is 2. The molecule has 0 fully saturated rings. The number of aromatic nitrogens is 1. The predicted molar refractivity (Wildman–Crippen MR) is 74.9 cm³/mol. The number of aromatic hydroxyl groups is 1. The van der Waals surface area contributed by atoms with Crippen LogP contribution in [0.5, 0.6) is 5.75 Å².